The minimum absolute atomic E-state index is 1.11. The summed E-state index contributed by atoms with van der Waals surface area (Å²) in [4.78, 5) is 5.02. The van der Waals surface area contributed by atoms with Crippen molar-refractivity contribution in [3.8, 4) is 22.3 Å². The lowest BCUT2D eigenvalue weighted by Gasteiger charge is -2.37. The molecular formula is C54H46N2. The van der Waals surface area contributed by atoms with Gasteiger partial charge in [-0.1, -0.05) is 127 Å². The van der Waals surface area contributed by atoms with E-state index in [1.807, 2.05) is 0 Å². The standard InChI is InChI=1S/C54H46N2/c1-4-17-39(18-5-1)40-31-33-45(34-32-40)56(54-50-28-14-12-26-48(50)53(42-20-6-2-7-21-42)49-27-13-15-29-51(49)54)46-37-35-44(36-38-46)55(43-23-8-3-9-24-43)52-30-16-22-41-19-10-11-25-47(41)52/h1-11,16-25,30-38H,12-15,26-29H2. The van der Waals surface area contributed by atoms with Crippen molar-refractivity contribution in [2.45, 2.75) is 51.4 Å². The number of hydrogen-bond acceptors (Lipinski definition) is 2. The highest BCUT2D eigenvalue weighted by Gasteiger charge is 2.31. The van der Waals surface area contributed by atoms with E-state index in [1.54, 1.807) is 22.3 Å². The summed E-state index contributed by atoms with van der Waals surface area (Å²) in [5, 5.41) is 2.47. The summed E-state index contributed by atoms with van der Waals surface area (Å²) in [6.45, 7) is 0. The molecule has 10 rings (SSSR count). The number of benzene rings is 8. The van der Waals surface area contributed by atoms with Gasteiger partial charge in [0.25, 0.3) is 0 Å². The average Bonchev–Trinajstić information content (AvgIpc) is 3.28. The Bertz CT molecular complexity index is 2570. The summed E-state index contributed by atoms with van der Waals surface area (Å²) < 4.78 is 0. The first kappa shape index (κ1) is 34.1. The smallest absolute Gasteiger partial charge is 0.0540 e. The third kappa shape index (κ3) is 6.26. The van der Waals surface area contributed by atoms with Crippen LogP contribution in [0, 0.1) is 0 Å². The molecule has 0 amide bonds. The molecule has 0 heterocycles. The van der Waals surface area contributed by atoms with E-state index in [0.717, 1.165) is 37.1 Å². The van der Waals surface area contributed by atoms with E-state index >= 15 is 0 Å². The highest BCUT2D eigenvalue weighted by molar-refractivity contribution is 5.99. The molecule has 8 aromatic carbocycles. The maximum absolute atomic E-state index is 2.62. The summed E-state index contributed by atoms with van der Waals surface area (Å²) >= 11 is 0. The van der Waals surface area contributed by atoms with Crippen LogP contribution < -0.4 is 9.80 Å². The van der Waals surface area contributed by atoms with Crippen molar-refractivity contribution in [2.24, 2.45) is 0 Å². The molecule has 0 bridgehead atoms. The zero-order chi connectivity index (χ0) is 37.3. The Morgan fingerprint density at radius 3 is 1.34 bits per heavy atom. The van der Waals surface area contributed by atoms with Crippen molar-refractivity contribution in [1.82, 2.24) is 0 Å². The van der Waals surface area contributed by atoms with Crippen LogP contribution in [0.4, 0.5) is 34.1 Å². The number of rotatable bonds is 8. The number of fused-ring (bicyclic) bond motifs is 3. The van der Waals surface area contributed by atoms with Crippen molar-refractivity contribution in [2.75, 3.05) is 9.80 Å². The molecule has 0 N–H and O–H groups in total. The number of anilines is 6. The van der Waals surface area contributed by atoms with Crippen LogP contribution in [0.5, 0.6) is 0 Å². The first-order chi connectivity index (χ1) is 27.8. The Morgan fingerprint density at radius 1 is 0.304 bits per heavy atom. The quantitative estimate of drug-likeness (QED) is 0.154. The second-order valence-corrected chi connectivity index (χ2v) is 15.4. The Morgan fingerprint density at radius 2 is 0.732 bits per heavy atom. The molecule has 0 aromatic heterocycles. The number of para-hydroxylation sites is 1. The van der Waals surface area contributed by atoms with Crippen LogP contribution in [0.2, 0.25) is 0 Å². The van der Waals surface area contributed by atoms with E-state index in [4.69, 9.17) is 0 Å². The van der Waals surface area contributed by atoms with Crippen molar-refractivity contribution in [1.29, 1.82) is 0 Å². The van der Waals surface area contributed by atoms with Crippen LogP contribution in [-0.4, -0.2) is 0 Å². The van der Waals surface area contributed by atoms with Crippen molar-refractivity contribution in [3.63, 3.8) is 0 Å². The molecule has 0 atom stereocenters. The molecule has 8 aromatic rings. The van der Waals surface area contributed by atoms with Gasteiger partial charge in [-0.15, -0.1) is 0 Å². The lowest BCUT2D eigenvalue weighted by atomic mass is 9.75. The van der Waals surface area contributed by atoms with Crippen LogP contribution in [0.3, 0.4) is 0 Å². The SMILES string of the molecule is c1ccc(-c2ccc(N(c3ccc(N(c4ccccc4)c4cccc5ccccc45)cc3)c3c4c(c(-c5ccccc5)c5c3CCCC5)CCCC4)cc2)cc1. The fourth-order valence-electron chi connectivity index (χ4n) is 9.47. The van der Waals surface area contributed by atoms with E-state index in [2.05, 4.69) is 192 Å². The molecular weight excluding hydrogens is 677 g/mol. The Labute approximate surface area is 331 Å². The van der Waals surface area contributed by atoms with E-state index in [9.17, 15) is 0 Å². The minimum atomic E-state index is 1.11. The van der Waals surface area contributed by atoms with E-state index in [1.165, 1.54) is 81.5 Å². The van der Waals surface area contributed by atoms with Gasteiger partial charge in [-0.2, -0.15) is 0 Å². The van der Waals surface area contributed by atoms with Crippen LogP contribution >= 0.6 is 0 Å². The minimum Gasteiger partial charge on any atom is -0.310 e. The summed E-state index contributed by atoms with van der Waals surface area (Å²) in [6, 6.07) is 66.8. The van der Waals surface area contributed by atoms with E-state index < -0.39 is 0 Å². The second kappa shape index (κ2) is 15.0. The zero-order valence-corrected chi connectivity index (χ0v) is 31.9. The normalized spacial score (nSPS) is 13.5. The highest BCUT2D eigenvalue weighted by Crippen LogP contribution is 2.50. The topological polar surface area (TPSA) is 6.48 Å². The molecule has 0 saturated heterocycles. The van der Waals surface area contributed by atoms with E-state index in [0.29, 0.717) is 0 Å². The molecule has 0 fully saturated rings. The summed E-state index contributed by atoms with van der Waals surface area (Å²) in [5.41, 5.74) is 18.9. The predicted molar refractivity (Wildman–Crippen MR) is 237 cm³/mol. The molecule has 0 spiro atoms. The van der Waals surface area contributed by atoms with Crippen molar-refractivity contribution >= 4 is 44.9 Å². The molecule has 2 heteroatoms. The molecule has 2 aliphatic rings. The Kier molecular flexibility index (Phi) is 9.17. The van der Waals surface area contributed by atoms with Gasteiger partial charge in [0.15, 0.2) is 0 Å². The molecule has 2 nitrogen and oxygen atoms in total. The largest absolute Gasteiger partial charge is 0.310 e. The monoisotopic (exact) mass is 722 g/mol. The summed E-state index contributed by atoms with van der Waals surface area (Å²) in [5.74, 6) is 0. The summed E-state index contributed by atoms with van der Waals surface area (Å²) in [7, 11) is 0. The molecule has 0 radical (unpaired) electrons. The van der Waals surface area contributed by atoms with E-state index in [-0.39, 0.29) is 0 Å². The fraction of sp³-hybridized carbons (Fsp3) is 0.148. The van der Waals surface area contributed by atoms with Crippen LogP contribution in [0.25, 0.3) is 33.0 Å². The number of nitrogens with zero attached hydrogens (tertiary/aromatic N) is 2. The van der Waals surface area contributed by atoms with Gasteiger partial charge in [0.1, 0.15) is 0 Å². The zero-order valence-electron chi connectivity index (χ0n) is 31.9. The maximum atomic E-state index is 2.62. The molecule has 56 heavy (non-hydrogen) atoms. The molecule has 0 aliphatic heterocycles. The van der Waals surface area contributed by atoms with Crippen molar-refractivity contribution < 1.29 is 0 Å². The highest BCUT2D eigenvalue weighted by atomic mass is 15.2. The van der Waals surface area contributed by atoms with Gasteiger partial charge < -0.3 is 9.80 Å². The van der Waals surface area contributed by atoms with Crippen molar-refractivity contribution in [3.05, 3.63) is 204 Å². The van der Waals surface area contributed by atoms with Gasteiger partial charge in [-0.3, -0.25) is 0 Å². The number of hydrogen-bond donors (Lipinski definition) is 0. The van der Waals surface area contributed by atoms with Gasteiger partial charge in [0.2, 0.25) is 0 Å². The fourth-order valence-corrected chi connectivity index (χ4v) is 9.47. The molecule has 272 valence electrons. The lowest BCUT2D eigenvalue weighted by Crippen LogP contribution is -2.22. The Balaban J connectivity index is 1.17. The Hall–Kier alpha value is -6.38. The summed E-state index contributed by atoms with van der Waals surface area (Å²) in [6.07, 6.45) is 9.43. The maximum Gasteiger partial charge on any atom is 0.0540 e. The third-order valence-corrected chi connectivity index (χ3v) is 12.0. The molecule has 0 saturated carbocycles. The van der Waals surface area contributed by atoms with Gasteiger partial charge in [0, 0.05) is 28.1 Å². The van der Waals surface area contributed by atoms with Gasteiger partial charge >= 0.3 is 0 Å². The first-order valence-corrected chi connectivity index (χ1v) is 20.5. The van der Waals surface area contributed by atoms with Crippen LogP contribution in [0.15, 0.2) is 182 Å². The van der Waals surface area contributed by atoms with Crippen LogP contribution in [0.1, 0.15) is 47.9 Å². The molecule has 2 aliphatic carbocycles. The van der Waals surface area contributed by atoms with Gasteiger partial charge in [-0.05, 0) is 156 Å². The molecule has 0 unspecified atom stereocenters. The average molecular weight is 723 g/mol. The first-order valence-electron chi connectivity index (χ1n) is 20.5. The van der Waals surface area contributed by atoms with Gasteiger partial charge in [-0.25, -0.2) is 0 Å². The predicted octanol–water partition coefficient (Wildman–Crippen LogP) is 14.9. The van der Waals surface area contributed by atoms with Crippen LogP contribution in [-0.2, 0) is 25.7 Å². The van der Waals surface area contributed by atoms with Gasteiger partial charge in [0.05, 0.1) is 11.4 Å². The second-order valence-electron chi connectivity index (χ2n) is 15.4. The lowest BCUT2D eigenvalue weighted by molar-refractivity contribution is 0.661. The third-order valence-electron chi connectivity index (χ3n) is 12.0.